The van der Waals surface area contributed by atoms with E-state index >= 15 is 0 Å². The van der Waals surface area contributed by atoms with Crippen LogP contribution in [0.25, 0.3) is 0 Å². The molecule has 0 aromatic heterocycles. The van der Waals surface area contributed by atoms with Crippen molar-refractivity contribution in [1.82, 2.24) is 5.32 Å². The van der Waals surface area contributed by atoms with Gasteiger partial charge in [0.2, 0.25) is 0 Å². The van der Waals surface area contributed by atoms with Gasteiger partial charge >= 0.3 is 6.09 Å². The summed E-state index contributed by atoms with van der Waals surface area (Å²) in [6.45, 7) is 9.32. The minimum Gasteiger partial charge on any atom is -0.466 e. The maximum absolute atomic E-state index is 12.2. The lowest BCUT2D eigenvalue weighted by atomic mass is 9.94. The summed E-state index contributed by atoms with van der Waals surface area (Å²) in [5.74, 6) is 0.767. The number of hydrogen-bond donors (Lipinski definition) is 2. The van der Waals surface area contributed by atoms with Crippen molar-refractivity contribution in [3.05, 3.63) is 52.5 Å². The Morgan fingerprint density at radius 3 is 2.46 bits per heavy atom. The van der Waals surface area contributed by atoms with Gasteiger partial charge in [0.05, 0.1) is 17.0 Å². The maximum atomic E-state index is 12.2. The first-order valence-electron chi connectivity index (χ1n) is 11.8. The van der Waals surface area contributed by atoms with E-state index in [2.05, 4.69) is 24.4 Å². The second-order valence-electron chi connectivity index (χ2n) is 9.78. The zero-order valence-corrected chi connectivity index (χ0v) is 23.1. The number of aryl methyl sites for hydroxylation is 2. The molecule has 1 amide bonds. The molecule has 0 spiro atoms. The van der Waals surface area contributed by atoms with Gasteiger partial charge in [-0.1, -0.05) is 48.8 Å². The summed E-state index contributed by atoms with van der Waals surface area (Å²) >= 11 is 8.22. The van der Waals surface area contributed by atoms with Crippen LogP contribution in [0.4, 0.5) is 4.79 Å². The number of nitrogens with one attached hydrogen (secondary N) is 1. The first-order chi connectivity index (χ1) is 16.5. The monoisotopic (exact) mass is 523 g/mol. The van der Waals surface area contributed by atoms with E-state index in [0.717, 1.165) is 33.9 Å². The van der Waals surface area contributed by atoms with Crippen molar-refractivity contribution in [3.8, 4) is 5.75 Å². The third kappa shape index (κ3) is 9.92. The fourth-order valence-corrected chi connectivity index (χ4v) is 4.73. The normalized spacial score (nSPS) is 13.3. The Morgan fingerprint density at radius 1 is 1.11 bits per heavy atom. The van der Waals surface area contributed by atoms with Crippen molar-refractivity contribution in [1.29, 1.82) is 0 Å². The van der Waals surface area contributed by atoms with Crippen LogP contribution in [0.15, 0.2) is 46.2 Å². The van der Waals surface area contributed by atoms with Crippen LogP contribution in [0.5, 0.6) is 5.75 Å². The molecule has 0 aliphatic rings. The number of ether oxygens (including phenoxy) is 3. The van der Waals surface area contributed by atoms with Crippen LogP contribution >= 0.6 is 23.4 Å². The molecule has 6 nitrogen and oxygen atoms in total. The molecule has 2 N–H and O–H groups in total. The van der Waals surface area contributed by atoms with Gasteiger partial charge in [-0.2, -0.15) is 0 Å². The molecule has 0 fully saturated rings. The Balaban J connectivity index is 2.11. The fraction of sp³-hybridized carbons (Fsp3) is 0.519. The number of aliphatic hydroxyl groups excluding tert-OH is 1. The average Bonchev–Trinajstić information content (AvgIpc) is 2.77. The number of aliphatic hydroxyl groups is 1. The molecule has 1 atom stereocenters. The second-order valence-corrected chi connectivity index (χ2v) is 11.3. The first kappa shape index (κ1) is 29.3. The van der Waals surface area contributed by atoms with Gasteiger partial charge in [-0.3, -0.25) is 0 Å². The third-order valence-corrected chi connectivity index (χ3v) is 6.61. The highest BCUT2D eigenvalue weighted by molar-refractivity contribution is 7.99. The lowest BCUT2D eigenvalue weighted by Crippen LogP contribution is -2.50. The van der Waals surface area contributed by atoms with Gasteiger partial charge in [-0.05, 0) is 82.3 Å². The number of hydrogen-bond acceptors (Lipinski definition) is 6. The minimum atomic E-state index is -0.827. The maximum Gasteiger partial charge on any atom is 0.408 e. The zero-order valence-electron chi connectivity index (χ0n) is 21.6. The first-order valence-corrected chi connectivity index (χ1v) is 13.0. The molecule has 0 bridgehead atoms. The Labute approximate surface area is 218 Å². The molecule has 0 saturated heterocycles. The summed E-state index contributed by atoms with van der Waals surface area (Å²) in [6, 6.07) is 12.2. The highest BCUT2D eigenvalue weighted by Gasteiger charge is 2.28. The van der Waals surface area contributed by atoms with Crippen molar-refractivity contribution >= 4 is 29.5 Å². The summed E-state index contributed by atoms with van der Waals surface area (Å²) < 4.78 is 16.2. The Hall–Kier alpha value is -1.93. The zero-order chi connectivity index (χ0) is 26.1. The molecule has 2 rings (SSSR count). The molecule has 2 aromatic rings. The van der Waals surface area contributed by atoms with Gasteiger partial charge in [0.25, 0.3) is 0 Å². The van der Waals surface area contributed by atoms with Crippen LogP contribution in [-0.2, 0) is 22.3 Å². The van der Waals surface area contributed by atoms with E-state index in [-0.39, 0.29) is 13.4 Å². The number of carbonyl (C=O) groups is 1. The molecule has 194 valence electrons. The molecule has 0 aliphatic heterocycles. The average molecular weight is 524 g/mol. The van der Waals surface area contributed by atoms with Gasteiger partial charge in [0, 0.05) is 17.0 Å². The lowest BCUT2D eigenvalue weighted by molar-refractivity contribution is 0.0406. The number of amides is 1. The molecule has 0 saturated carbocycles. The van der Waals surface area contributed by atoms with Gasteiger partial charge in [0.15, 0.2) is 6.79 Å². The topological polar surface area (TPSA) is 77.0 Å². The van der Waals surface area contributed by atoms with Gasteiger partial charge in [0.1, 0.15) is 11.4 Å². The van der Waals surface area contributed by atoms with E-state index in [4.69, 9.17) is 25.8 Å². The Morgan fingerprint density at radius 2 is 1.86 bits per heavy atom. The van der Waals surface area contributed by atoms with Gasteiger partial charge < -0.3 is 24.6 Å². The van der Waals surface area contributed by atoms with E-state index < -0.39 is 17.2 Å². The summed E-state index contributed by atoms with van der Waals surface area (Å²) in [5.41, 5.74) is 0.759. The van der Waals surface area contributed by atoms with E-state index in [1.165, 1.54) is 5.56 Å². The van der Waals surface area contributed by atoms with E-state index in [1.807, 2.05) is 24.3 Å². The van der Waals surface area contributed by atoms with Crippen LogP contribution in [-0.4, -0.2) is 42.8 Å². The standard InChI is InChI=1S/C27H38ClNO5S/c1-7-8-19-9-12-23(33-18-32-6)24(15-19)35-21-11-10-20(22(28)16-21)13-14-27(5,17-30)29-25(31)34-26(2,3)4/h9-12,15-16,30H,7-8,13-14,17-18H2,1-6H3,(H,29,31)/t27-/m0/s1. The molecule has 2 aromatic carbocycles. The third-order valence-electron chi connectivity index (χ3n) is 5.23. The van der Waals surface area contributed by atoms with E-state index in [0.29, 0.717) is 17.9 Å². The molecular weight excluding hydrogens is 486 g/mol. The molecule has 8 heteroatoms. The van der Waals surface area contributed by atoms with Gasteiger partial charge in [-0.15, -0.1) is 0 Å². The largest absolute Gasteiger partial charge is 0.466 e. The molecule has 35 heavy (non-hydrogen) atoms. The molecule has 0 aliphatic carbocycles. The van der Waals surface area contributed by atoms with Crippen molar-refractivity contribution < 1.29 is 24.1 Å². The predicted octanol–water partition coefficient (Wildman–Crippen LogP) is 6.63. The molecule has 0 heterocycles. The highest BCUT2D eigenvalue weighted by Crippen LogP contribution is 2.38. The van der Waals surface area contributed by atoms with Crippen molar-refractivity contribution in [2.75, 3.05) is 20.5 Å². The Bertz CT molecular complexity index is 979. The van der Waals surface area contributed by atoms with Crippen LogP contribution in [0.1, 0.15) is 58.6 Å². The summed E-state index contributed by atoms with van der Waals surface area (Å²) in [7, 11) is 1.60. The number of methoxy groups -OCH3 is 1. The number of alkyl carbamates (subject to hydrolysis) is 1. The van der Waals surface area contributed by atoms with Crippen LogP contribution in [0.3, 0.4) is 0 Å². The number of benzene rings is 2. The SMILES string of the molecule is CCCc1ccc(OCOC)c(Sc2ccc(CC[C@@](C)(CO)NC(=O)OC(C)(C)C)c(Cl)c2)c1. The van der Waals surface area contributed by atoms with Gasteiger partial charge in [-0.25, -0.2) is 4.79 Å². The minimum absolute atomic E-state index is 0.182. The highest BCUT2D eigenvalue weighted by atomic mass is 35.5. The second kappa shape index (κ2) is 13.4. The summed E-state index contributed by atoms with van der Waals surface area (Å²) in [5, 5.41) is 13.3. The van der Waals surface area contributed by atoms with Crippen LogP contribution in [0, 0.1) is 0 Å². The van der Waals surface area contributed by atoms with E-state index in [9.17, 15) is 9.90 Å². The number of rotatable bonds is 12. The molecule has 0 unspecified atom stereocenters. The smallest absolute Gasteiger partial charge is 0.408 e. The number of carbonyl (C=O) groups excluding carboxylic acids is 1. The fourth-order valence-electron chi connectivity index (χ4n) is 3.38. The van der Waals surface area contributed by atoms with Crippen LogP contribution in [0.2, 0.25) is 5.02 Å². The molecule has 0 radical (unpaired) electrons. The Kier molecular flexibility index (Phi) is 11.2. The summed E-state index contributed by atoms with van der Waals surface area (Å²) in [4.78, 5) is 14.2. The van der Waals surface area contributed by atoms with Crippen molar-refractivity contribution in [2.24, 2.45) is 0 Å². The predicted molar refractivity (Wildman–Crippen MR) is 142 cm³/mol. The quantitative estimate of drug-likeness (QED) is 0.304. The lowest BCUT2D eigenvalue weighted by Gasteiger charge is -2.30. The van der Waals surface area contributed by atoms with Crippen LogP contribution < -0.4 is 10.1 Å². The number of halogens is 1. The van der Waals surface area contributed by atoms with Crippen molar-refractivity contribution in [3.63, 3.8) is 0 Å². The van der Waals surface area contributed by atoms with Crippen molar-refractivity contribution in [2.45, 2.75) is 81.2 Å². The molecular formula is C27H38ClNO5S. The summed E-state index contributed by atoms with van der Waals surface area (Å²) in [6.07, 6.45) is 2.61. The van der Waals surface area contributed by atoms with E-state index in [1.54, 1.807) is 46.6 Å².